The molecule has 4 rings (SSSR count). The van der Waals surface area contributed by atoms with Gasteiger partial charge in [0.25, 0.3) is 5.91 Å². The van der Waals surface area contributed by atoms with Gasteiger partial charge in [0.2, 0.25) is 0 Å². The lowest BCUT2D eigenvalue weighted by molar-refractivity contribution is 0.0611. The fourth-order valence-corrected chi connectivity index (χ4v) is 4.47. The molecule has 0 N–H and O–H groups in total. The molecule has 1 atom stereocenters. The first-order chi connectivity index (χ1) is 14.7. The molecule has 0 saturated carbocycles. The molecule has 5 heteroatoms. The highest BCUT2D eigenvalue weighted by molar-refractivity contribution is 5.95. The van der Waals surface area contributed by atoms with Crippen molar-refractivity contribution in [1.29, 1.82) is 0 Å². The van der Waals surface area contributed by atoms with Crippen LogP contribution in [-0.4, -0.2) is 74.7 Å². The van der Waals surface area contributed by atoms with Crippen molar-refractivity contribution in [3.63, 3.8) is 0 Å². The van der Waals surface area contributed by atoms with Crippen molar-refractivity contribution in [2.75, 3.05) is 57.9 Å². The molecule has 2 aromatic carbocycles. The van der Waals surface area contributed by atoms with E-state index in [0.29, 0.717) is 6.04 Å². The SMILES string of the molecule is CN(CCc1ccccc1)[C@@H]1CCCN(C(=O)c2cccc(N3CCOCC3)c2)C1. The van der Waals surface area contributed by atoms with Crippen LogP contribution in [-0.2, 0) is 11.2 Å². The Hall–Kier alpha value is -2.37. The second kappa shape index (κ2) is 10.1. The summed E-state index contributed by atoms with van der Waals surface area (Å²) in [6.45, 7) is 5.95. The number of hydrogen-bond donors (Lipinski definition) is 0. The van der Waals surface area contributed by atoms with Crippen molar-refractivity contribution in [3.05, 3.63) is 65.7 Å². The standard InChI is InChI=1S/C25H33N3O2/c1-26(14-12-21-7-3-2-4-8-21)24-11-6-13-28(20-24)25(29)22-9-5-10-23(19-22)27-15-17-30-18-16-27/h2-5,7-10,19,24H,6,11-18,20H2,1H3/t24-/m1/s1. The molecule has 160 valence electrons. The van der Waals surface area contributed by atoms with E-state index in [9.17, 15) is 4.79 Å². The third-order valence-corrected chi connectivity index (χ3v) is 6.37. The second-order valence-corrected chi connectivity index (χ2v) is 8.41. The van der Waals surface area contributed by atoms with Gasteiger partial charge in [0.15, 0.2) is 0 Å². The number of piperidine rings is 1. The fraction of sp³-hybridized carbons (Fsp3) is 0.480. The van der Waals surface area contributed by atoms with E-state index < -0.39 is 0 Å². The summed E-state index contributed by atoms with van der Waals surface area (Å²) in [5.41, 5.74) is 3.29. The zero-order chi connectivity index (χ0) is 20.8. The number of benzene rings is 2. The molecule has 2 aliphatic heterocycles. The normalized spacial score (nSPS) is 19.9. The van der Waals surface area contributed by atoms with Crippen molar-refractivity contribution in [2.24, 2.45) is 0 Å². The van der Waals surface area contributed by atoms with Gasteiger partial charge in [0.05, 0.1) is 13.2 Å². The fourth-order valence-electron chi connectivity index (χ4n) is 4.47. The van der Waals surface area contributed by atoms with E-state index in [2.05, 4.69) is 59.3 Å². The number of morpholine rings is 1. The maximum atomic E-state index is 13.2. The largest absolute Gasteiger partial charge is 0.378 e. The third kappa shape index (κ3) is 5.21. The number of ether oxygens (including phenoxy) is 1. The molecule has 5 nitrogen and oxygen atoms in total. The van der Waals surface area contributed by atoms with Crippen LogP contribution in [0.4, 0.5) is 5.69 Å². The lowest BCUT2D eigenvalue weighted by Gasteiger charge is -2.38. The molecule has 0 spiro atoms. The van der Waals surface area contributed by atoms with Crippen LogP contribution < -0.4 is 4.90 Å². The van der Waals surface area contributed by atoms with E-state index >= 15 is 0 Å². The first-order valence-corrected chi connectivity index (χ1v) is 11.2. The van der Waals surface area contributed by atoms with Crippen molar-refractivity contribution in [3.8, 4) is 0 Å². The molecule has 0 radical (unpaired) electrons. The highest BCUT2D eigenvalue weighted by atomic mass is 16.5. The summed E-state index contributed by atoms with van der Waals surface area (Å²) < 4.78 is 5.45. The number of rotatable bonds is 6. The second-order valence-electron chi connectivity index (χ2n) is 8.41. The minimum atomic E-state index is 0.159. The summed E-state index contributed by atoms with van der Waals surface area (Å²) >= 11 is 0. The zero-order valence-electron chi connectivity index (χ0n) is 18.0. The number of carbonyl (C=O) groups is 1. The smallest absolute Gasteiger partial charge is 0.253 e. The maximum absolute atomic E-state index is 13.2. The number of likely N-dealkylation sites (N-methyl/N-ethyl adjacent to an activating group) is 1. The van der Waals surface area contributed by atoms with Crippen molar-refractivity contribution < 1.29 is 9.53 Å². The number of amides is 1. The van der Waals surface area contributed by atoms with Gasteiger partial charge in [-0.25, -0.2) is 0 Å². The van der Waals surface area contributed by atoms with Gasteiger partial charge >= 0.3 is 0 Å². The van der Waals surface area contributed by atoms with Gasteiger partial charge in [-0.3, -0.25) is 4.79 Å². The van der Waals surface area contributed by atoms with E-state index in [1.165, 1.54) is 5.56 Å². The van der Waals surface area contributed by atoms with Crippen molar-refractivity contribution in [2.45, 2.75) is 25.3 Å². The minimum absolute atomic E-state index is 0.159. The van der Waals surface area contributed by atoms with Crippen molar-refractivity contribution >= 4 is 11.6 Å². The van der Waals surface area contributed by atoms with Crippen LogP contribution in [0.25, 0.3) is 0 Å². The number of likely N-dealkylation sites (tertiary alicyclic amines) is 1. The summed E-state index contributed by atoms with van der Waals surface area (Å²) in [5.74, 6) is 0.159. The Labute approximate surface area is 180 Å². The monoisotopic (exact) mass is 407 g/mol. The quantitative estimate of drug-likeness (QED) is 0.736. The van der Waals surface area contributed by atoms with Crippen LogP contribution in [0, 0.1) is 0 Å². The van der Waals surface area contributed by atoms with Gasteiger partial charge in [-0.2, -0.15) is 0 Å². The van der Waals surface area contributed by atoms with Crippen molar-refractivity contribution in [1.82, 2.24) is 9.80 Å². The maximum Gasteiger partial charge on any atom is 0.253 e. The van der Waals surface area contributed by atoms with Gasteiger partial charge in [-0.1, -0.05) is 36.4 Å². The van der Waals surface area contributed by atoms with E-state index in [1.807, 2.05) is 17.0 Å². The van der Waals surface area contributed by atoms with Gasteiger partial charge in [-0.05, 0) is 50.1 Å². The number of anilines is 1. The van der Waals surface area contributed by atoms with Crippen LogP contribution in [0.5, 0.6) is 0 Å². The van der Waals surface area contributed by atoms with Gasteiger partial charge in [0.1, 0.15) is 0 Å². The van der Waals surface area contributed by atoms with Gasteiger partial charge < -0.3 is 19.4 Å². The Balaban J connectivity index is 1.36. The van der Waals surface area contributed by atoms with Crippen LogP contribution >= 0.6 is 0 Å². The predicted octanol–water partition coefficient (Wildman–Crippen LogP) is 3.30. The molecule has 2 heterocycles. The Bertz CT molecular complexity index is 820. The summed E-state index contributed by atoms with van der Waals surface area (Å²) in [6.07, 6.45) is 3.27. The third-order valence-electron chi connectivity index (χ3n) is 6.37. The molecular formula is C25H33N3O2. The average Bonchev–Trinajstić information content (AvgIpc) is 2.83. The first-order valence-electron chi connectivity index (χ1n) is 11.2. The molecule has 2 saturated heterocycles. The molecule has 0 bridgehead atoms. The summed E-state index contributed by atoms with van der Waals surface area (Å²) in [4.78, 5) is 20.0. The number of carbonyl (C=O) groups excluding carboxylic acids is 1. The molecule has 0 aliphatic carbocycles. The molecule has 2 aliphatic rings. The Morgan fingerprint density at radius 1 is 1.07 bits per heavy atom. The molecule has 0 aromatic heterocycles. The predicted molar refractivity (Wildman–Crippen MR) is 121 cm³/mol. The molecular weight excluding hydrogens is 374 g/mol. The van der Waals surface area contributed by atoms with Gasteiger partial charge in [-0.15, -0.1) is 0 Å². The van der Waals surface area contributed by atoms with Crippen LogP contribution in [0.3, 0.4) is 0 Å². The lowest BCUT2D eigenvalue weighted by atomic mass is 10.0. The zero-order valence-corrected chi connectivity index (χ0v) is 18.0. The molecule has 1 amide bonds. The number of hydrogen-bond acceptors (Lipinski definition) is 4. The summed E-state index contributed by atoms with van der Waals surface area (Å²) in [5, 5.41) is 0. The highest BCUT2D eigenvalue weighted by Crippen LogP contribution is 2.21. The Morgan fingerprint density at radius 2 is 1.87 bits per heavy atom. The molecule has 2 aromatic rings. The highest BCUT2D eigenvalue weighted by Gasteiger charge is 2.27. The first kappa shape index (κ1) is 20.9. The van der Waals surface area contributed by atoms with Crippen LogP contribution in [0.2, 0.25) is 0 Å². The lowest BCUT2D eigenvalue weighted by Crippen LogP contribution is -2.49. The summed E-state index contributed by atoms with van der Waals surface area (Å²) in [6, 6.07) is 19.2. The Kier molecular flexibility index (Phi) is 7.03. The molecule has 0 unspecified atom stereocenters. The summed E-state index contributed by atoms with van der Waals surface area (Å²) in [7, 11) is 2.20. The van der Waals surface area contributed by atoms with E-state index in [0.717, 1.165) is 76.5 Å². The minimum Gasteiger partial charge on any atom is -0.378 e. The topological polar surface area (TPSA) is 36.0 Å². The molecule has 30 heavy (non-hydrogen) atoms. The van der Waals surface area contributed by atoms with E-state index in [-0.39, 0.29) is 5.91 Å². The van der Waals surface area contributed by atoms with E-state index in [1.54, 1.807) is 0 Å². The van der Waals surface area contributed by atoms with Gasteiger partial charge in [0, 0.05) is 50.0 Å². The van der Waals surface area contributed by atoms with Crippen LogP contribution in [0.1, 0.15) is 28.8 Å². The number of nitrogens with zero attached hydrogens (tertiary/aromatic N) is 3. The van der Waals surface area contributed by atoms with E-state index in [4.69, 9.17) is 4.74 Å². The molecule has 2 fully saturated rings. The van der Waals surface area contributed by atoms with Crippen LogP contribution in [0.15, 0.2) is 54.6 Å². The Morgan fingerprint density at radius 3 is 2.67 bits per heavy atom. The average molecular weight is 408 g/mol.